The molecule has 0 bridgehead atoms. The molecule has 4 N–H and O–H groups in total. The topological polar surface area (TPSA) is 206 Å². The lowest BCUT2D eigenvalue weighted by Gasteiger charge is -2.26. The molecule has 0 fully saturated rings. The van der Waals surface area contributed by atoms with Gasteiger partial charge >= 0.3 is 11.9 Å². The first-order valence-electron chi connectivity index (χ1n) is 16.6. The van der Waals surface area contributed by atoms with E-state index in [0.29, 0.717) is 33.0 Å². The molecule has 0 saturated heterocycles. The van der Waals surface area contributed by atoms with Crippen LogP contribution < -0.4 is 21.3 Å². The van der Waals surface area contributed by atoms with Crippen LogP contribution in [0.4, 0.5) is 0 Å². The smallest absolute Gasteiger partial charge is 0.308 e. The predicted octanol–water partition coefficient (Wildman–Crippen LogP) is 0.783. The molecule has 0 aromatic heterocycles. The minimum Gasteiger partial charge on any atom is -0.460 e. The first-order valence-corrected chi connectivity index (χ1v) is 16.6. The number of amides is 4. The molecule has 0 saturated carbocycles. The number of carbonyl (C=O) groups is 6. The Labute approximate surface area is 290 Å². The van der Waals surface area contributed by atoms with E-state index in [1.165, 1.54) is 13.8 Å². The monoisotopic (exact) mass is 704 g/mol. The Morgan fingerprint density at radius 1 is 0.571 bits per heavy atom. The lowest BCUT2D eigenvalue weighted by Crippen LogP contribution is -2.57. The van der Waals surface area contributed by atoms with Crippen LogP contribution in [0.15, 0.2) is 0 Å². The highest BCUT2D eigenvalue weighted by Crippen LogP contribution is 2.11. The van der Waals surface area contributed by atoms with Crippen LogP contribution in [-0.4, -0.2) is 124 Å². The van der Waals surface area contributed by atoms with Crippen LogP contribution in [0, 0.1) is 5.92 Å². The van der Waals surface area contributed by atoms with Crippen molar-refractivity contribution in [2.45, 2.75) is 111 Å². The molecule has 16 heteroatoms. The molecule has 49 heavy (non-hydrogen) atoms. The number of esters is 2. The average Bonchev–Trinajstić information content (AvgIpc) is 2.95. The third-order valence-electron chi connectivity index (χ3n) is 6.02. The molecule has 4 amide bonds. The van der Waals surface area contributed by atoms with Gasteiger partial charge in [0.1, 0.15) is 29.3 Å². The Morgan fingerprint density at radius 3 is 1.51 bits per heavy atom. The molecule has 16 nitrogen and oxygen atoms in total. The van der Waals surface area contributed by atoms with Crippen molar-refractivity contribution in [2.24, 2.45) is 5.92 Å². The van der Waals surface area contributed by atoms with Crippen molar-refractivity contribution in [3.8, 4) is 0 Å². The van der Waals surface area contributed by atoms with E-state index >= 15 is 0 Å². The normalized spacial score (nSPS) is 13.5. The SMILES string of the molecule is CC(=O)NC(C(=O)NC(CC(=O)OC(C)(C)C)C(=O)N[C@@H](C)C(=O)NCCOCCOCCOCCOCCC(=O)OC(C)(C)C)C(C)C. The fourth-order valence-electron chi connectivity index (χ4n) is 3.86. The number of rotatable bonds is 24. The van der Waals surface area contributed by atoms with Gasteiger partial charge in [0.05, 0.1) is 65.7 Å². The van der Waals surface area contributed by atoms with E-state index in [1.807, 2.05) is 20.8 Å². The van der Waals surface area contributed by atoms with Gasteiger partial charge in [-0.25, -0.2) is 0 Å². The highest BCUT2D eigenvalue weighted by atomic mass is 16.6. The van der Waals surface area contributed by atoms with Crippen LogP contribution >= 0.6 is 0 Å². The molecule has 0 heterocycles. The molecule has 0 aliphatic carbocycles. The highest BCUT2D eigenvalue weighted by molar-refractivity contribution is 5.95. The number of ether oxygens (including phenoxy) is 6. The second-order valence-corrected chi connectivity index (χ2v) is 13.6. The lowest BCUT2D eigenvalue weighted by molar-refractivity contribution is -0.157. The Kier molecular flexibility index (Phi) is 22.3. The van der Waals surface area contributed by atoms with E-state index in [0.717, 1.165) is 0 Å². The van der Waals surface area contributed by atoms with Gasteiger partial charge in [0, 0.05) is 13.5 Å². The summed E-state index contributed by atoms with van der Waals surface area (Å²) >= 11 is 0. The Morgan fingerprint density at radius 2 is 1.04 bits per heavy atom. The summed E-state index contributed by atoms with van der Waals surface area (Å²) in [6.45, 7) is 19.3. The third-order valence-corrected chi connectivity index (χ3v) is 6.02. The first kappa shape index (κ1) is 45.7. The summed E-state index contributed by atoms with van der Waals surface area (Å²) < 4.78 is 32.1. The van der Waals surface area contributed by atoms with Gasteiger partial charge in [0.25, 0.3) is 0 Å². The van der Waals surface area contributed by atoms with Crippen molar-refractivity contribution in [3.63, 3.8) is 0 Å². The van der Waals surface area contributed by atoms with Crippen molar-refractivity contribution in [1.29, 1.82) is 0 Å². The second-order valence-electron chi connectivity index (χ2n) is 13.6. The maximum absolute atomic E-state index is 13.1. The molecule has 0 rings (SSSR count). The van der Waals surface area contributed by atoms with Gasteiger partial charge in [-0.3, -0.25) is 28.8 Å². The summed E-state index contributed by atoms with van der Waals surface area (Å²) in [7, 11) is 0. The van der Waals surface area contributed by atoms with Crippen LogP contribution in [0.1, 0.15) is 82.1 Å². The summed E-state index contributed by atoms with van der Waals surface area (Å²) in [4.78, 5) is 74.3. The van der Waals surface area contributed by atoms with Gasteiger partial charge in [0.15, 0.2) is 0 Å². The van der Waals surface area contributed by atoms with Gasteiger partial charge in [0.2, 0.25) is 23.6 Å². The quantitative estimate of drug-likeness (QED) is 0.0813. The molecule has 0 radical (unpaired) electrons. The van der Waals surface area contributed by atoms with Crippen LogP contribution in [-0.2, 0) is 57.2 Å². The minimum absolute atomic E-state index is 0.168. The summed E-state index contributed by atoms with van der Waals surface area (Å²) in [6, 6.07) is -3.30. The molecule has 0 spiro atoms. The molecule has 0 aromatic rings. The summed E-state index contributed by atoms with van der Waals surface area (Å²) in [5, 5.41) is 10.2. The minimum atomic E-state index is -1.36. The fourth-order valence-corrected chi connectivity index (χ4v) is 3.86. The van der Waals surface area contributed by atoms with Gasteiger partial charge in [-0.2, -0.15) is 0 Å². The van der Waals surface area contributed by atoms with E-state index in [1.54, 1.807) is 34.6 Å². The molecule has 3 atom stereocenters. The van der Waals surface area contributed by atoms with E-state index < -0.39 is 65.3 Å². The Balaban J connectivity index is 4.40. The third kappa shape index (κ3) is 25.3. The van der Waals surface area contributed by atoms with Crippen LogP contribution in [0.2, 0.25) is 0 Å². The molecular weight excluding hydrogens is 644 g/mol. The zero-order valence-electron chi connectivity index (χ0n) is 31.0. The van der Waals surface area contributed by atoms with Gasteiger partial charge in [-0.05, 0) is 54.4 Å². The van der Waals surface area contributed by atoms with Crippen molar-refractivity contribution < 1.29 is 57.2 Å². The first-order chi connectivity index (χ1) is 22.7. The molecule has 0 aromatic carbocycles. The Hall–Kier alpha value is -3.34. The van der Waals surface area contributed by atoms with Gasteiger partial charge in [-0.15, -0.1) is 0 Å². The zero-order valence-corrected chi connectivity index (χ0v) is 31.0. The van der Waals surface area contributed by atoms with E-state index in [-0.39, 0.29) is 44.7 Å². The molecule has 2 unspecified atom stereocenters. The number of carbonyl (C=O) groups excluding carboxylic acids is 6. The van der Waals surface area contributed by atoms with Crippen LogP contribution in [0.5, 0.6) is 0 Å². The molecular formula is C33H60N4O12. The number of hydrogen-bond acceptors (Lipinski definition) is 12. The van der Waals surface area contributed by atoms with Crippen molar-refractivity contribution >= 4 is 35.6 Å². The maximum Gasteiger partial charge on any atom is 0.308 e. The lowest BCUT2D eigenvalue weighted by atomic mass is 10.0. The standard InChI is InChI=1S/C33H60N4O12/c1-22(2)28(36-24(4)38)31(43)37-25(21-27(40)49-33(8,9)10)30(42)35-23(3)29(41)34-12-14-45-16-18-47-20-19-46-17-15-44-13-11-26(39)48-32(5,6)7/h22-23,25,28H,11-21H2,1-10H3,(H,34,41)(H,35,42)(H,36,38)(H,37,43)/t23-,25?,28?/m0/s1. The number of nitrogens with one attached hydrogen (secondary N) is 4. The van der Waals surface area contributed by atoms with Crippen molar-refractivity contribution in [3.05, 3.63) is 0 Å². The largest absolute Gasteiger partial charge is 0.460 e. The van der Waals surface area contributed by atoms with E-state index in [2.05, 4.69) is 21.3 Å². The molecule has 0 aliphatic heterocycles. The highest BCUT2D eigenvalue weighted by Gasteiger charge is 2.32. The maximum atomic E-state index is 13.1. The summed E-state index contributed by atoms with van der Waals surface area (Å²) in [6.07, 6.45) is -0.303. The van der Waals surface area contributed by atoms with Crippen molar-refractivity contribution in [1.82, 2.24) is 21.3 Å². The molecule has 0 aliphatic rings. The fraction of sp³-hybridized carbons (Fsp3) is 0.818. The van der Waals surface area contributed by atoms with Crippen LogP contribution in [0.25, 0.3) is 0 Å². The Bertz CT molecular complexity index is 1040. The van der Waals surface area contributed by atoms with Gasteiger partial charge in [-0.1, -0.05) is 13.8 Å². The van der Waals surface area contributed by atoms with E-state index in [9.17, 15) is 28.8 Å². The average molecular weight is 705 g/mol. The summed E-state index contributed by atoms with van der Waals surface area (Å²) in [5.74, 6) is -3.69. The van der Waals surface area contributed by atoms with Gasteiger partial charge < -0.3 is 49.7 Å². The van der Waals surface area contributed by atoms with Crippen LogP contribution in [0.3, 0.4) is 0 Å². The zero-order chi connectivity index (χ0) is 37.6. The van der Waals surface area contributed by atoms with Crippen molar-refractivity contribution in [2.75, 3.05) is 59.4 Å². The number of hydrogen-bond donors (Lipinski definition) is 4. The van der Waals surface area contributed by atoms with E-state index in [4.69, 9.17) is 28.4 Å². The molecule has 284 valence electrons. The predicted molar refractivity (Wildman–Crippen MR) is 179 cm³/mol. The second kappa shape index (κ2) is 23.9. The summed E-state index contributed by atoms with van der Waals surface area (Å²) in [5.41, 5.74) is -1.34.